The van der Waals surface area contributed by atoms with Gasteiger partial charge >= 0.3 is 21.1 Å². The Hall–Kier alpha value is -4.38. The minimum atomic E-state index is -0.00623. The van der Waals surface area contributed by atoms with Crippen molar-refractivity contribution in [3.63, 3.8) is 0 Å². The Balaban J connectivity index is 0.00000392. The van der Waals surface area contributed by atoms with Gasteiger partial charge in [-0.15, -0.1) is 52.6 Å². The van der Waals surface area contributed by atoms with Crippen molar-refractivity contribution in [2.24, 2.45) is 5.41 Å². The van der Waals surface area contributed by atoms with Gasteiger partial charge in [-0.05, 0) is 65.0 Å². The molecule has 7 heteroatoms. The van der Waals surface area contributed by atoms with E-state index in [-0.39, 0.29) is 31.9 Å². The third kappa shape index (κ3) is 6.25. The molecule has 252 valence electrons. The Labute approximate surface area is 311 Å². The number of para-hydroxylation sites is 1. The molecule has 4 aromatic carbocycles. The summed E-state index contributed by atoms with van der Waals surface area (Å²) in [6, 6.07) is 36.6. The van der Waals surface area contributed by atoms with Gasteiger partial charge in [0.1, 0.15) is 5.82 Å². The minimum Gasteiger partial charge on any atom is -0.503 e. The number of pyridine rings is 1. The first-order chi connectivity index (χ1) is 23.4. The first-order valence-corrected chi connectivity index (χ1v) is 17.6. The smallest absolute Gasteiger partial charge is 0.503 e. The standard InChI is InChI=1S/C43H38N4OS.Pt/c1-26-39-34-17-15-27(25-42(2,3)4)21-37(34)49-41(39)40(46-45-26)28-11-10-12-30(22-28)48-31-16-18-33-32-13-8-9-14-35(32)47(36(33)24-31)38-23-29(19-20-44-38)43(5,6)7;/h8-21,23H,25H2,1-7H3;/q-2;+2. The van der Waals surface area contributed by atoms with Crippen molar-refractivity contribution in [2.45, 2.75) is 60.3 Å². The van der Waals surface area contributed by atoms with Gasteiger partial charge < -0.3 is 9.30 Å². The van der Waals surface area contributed by atoms with Gasteiger partial charge in [-0.2, -0.15) is 16.3 Å². The summed E-state index contributed by atoms with van der Waals surface area (Å²) >= 11 is 1.77. The minimum absolute atomic E-state index is 0. The Morgan fingerprint density at radius 3 is 2.36 bits per heavy atom. The molecule has 0 saturated heterocycles. The van der Waals surface area contributed by atoms with Crippen molar-refractivity contribution in [1.82, 2.24) is 19.7 Å². The van der Waals surface area contributed by atoms with E-state index in [1.807, 2.05) is 37.4 Å². The van der Waals surface area contributed by atoms with Crippen LogP contribution >= 0.6 is 11.3 Å². The maximum atomic E-state index is 6.48. The summed E-state index contributed by atoms with van der Waals surface area (Å²) in [5.74, 6) is 2.05. The van der Waals surface area contributed by atoms with Crippen molar-refractivity contribution >= 4 is 53.3 Å². The SMILES string of the molecule is Cc1nnc(-c2[c-]c(Oc3[c-]c4c(cc3)c3ccccc3n4-c3cc(C(C)(C)C)ccn3)ccc2)c2sc3cc(CC(C)(C)C)ccc3c12.[Pt+2]. The summed E-state index contributed by atoms with van der Waals surface area (Å²) in [6.45, 7) is 15.5. The number of ether oxygens (including phenoxy) is 1. The fourth-order valence-electron chi connectivity index (χ4n) is 6.73. The Morgan fingerprint density at radius 2 is 1.56 bits per heavy atom. The van der Waals surface area contributed by atoms with Gasteiger partial charge in [-0.3, -0.25) is 0 Å². The number of rotatable bonds is 5. The second-order valence-electron chi connectivity index (χ2n) is 15.1. The number of aryl methyl sites for hydroxylation is 1. The molecule has 0 aliphatic rings. The van der Waals surface area contributed by atoms with Crippen LogP contribution in [0.25, 0.3) is 59.1 Å². The molecule has 0 N–H and O–H groups in total. The van der Waals surface area contributed by atoms with Gasteiger partial charge in [0.15, 0.2) is 0 Å². The summed E-state index contributed by atoms with van der Waals surface area (Å²) in [5.41, 5.74) is 7.36. The number of benzene rings is 4. The molecule has 50 heavy (non-hydrogen) atoms. The molecule has 0 aliphatic carbocycles. The van der Waals surface area contributed by atoms with Crippen molar-refractivity contribution in [1.29, 1.82) is 0 Å². The topological polar surface area (TPSA) is 52.8 Å². The zero-order valence-electron chi connectivity index (χ0n) is 29.3. The van der Waals surface area contributed by atoms with Crippen molar-refractivity contribution in [3.8, 4) is 28.6 Å². The third-order valence-corrected chi connectivity index (χ3v) is 10.2. The molecule has 8 rings (SSSR count). The molecule has 0 saturated carbocycles. The summed E-state index contributed by atoms with van der Waals surface area (Å²) in [4.78, 5) is 4.81. The van der Waals surface area contributed by atoms with E-state index in [0.717, 1.165) is 61.1 Å². The van der Waals surface area contributed by atoms with Crippen molar-refractivity contribution < 1.29 is 25.8 Å². The monoisotopic (exact) mass is 853 g/mol. The molecule has 4 aromatic heterocycles. The maximum Gasteiger partial charge on any atom is 2.00 e. The number of hydrogen-bond donors (Lipinski definition) is 0. The molecule has 0 fully saturated rings. The summed E-state index contributed by atoms with van der Waals surface area (Å²) in [5, 5.41) is 13.9. The largest absolute Gasteiger partial charge is 2.00 e. The van der Waals surface area contributed by atoms with Crippen LogP contribution in [0.2, 0.25) is 0 Å². The van der Waals surface area contributed by atoms with Crippen LogP contribution in [0.15, 0.2) is 91.1 Å². The van der Waals surface area contributed by atoms with E-state index in [0.29, 0.717) is 11.5 Å². The quantitative estimate of drug-likeness (QED) is 0.162. The first kappa shape index (κ1) is 34.1. The Morgan fingerprint density at radius 1 is 0.780 bits per heavy atom. The first-order valence-electron chi connectivity index (χ1n) is 16.7. The van der Waals surface area contributed by atoms with Crippen LogP contribution in [-0.2, 0) is 32.9 Å². The maximum absolute atomic E-state index is 6.48. The van der Waals surface area contributed by atoms with Crippen LogP contribution in [0.5, 0.6) is 11.5 Å². The average Bonchev–Trinajstić information content (AvgIpc) is 3.60. The van der Waals surface area contributed by atoms with Gasteiger partial charge in [0, 0.05) is 49.1 Å². The molecule has 0 amide bonds. The molecule has 0 unspecified atom stereocenters. The predicted octanol–water partition coefficient (Wildman–Crippen LogP) is 11.6. The molecule has 8 aromatic rings. The zero-order valence-corrected chi connectivity index (χ0v) is 32.4. The van der Waals surface area contributed by atoms with Gasteiger partial charge in [-0.25, -0.2) is 4.98 Å². The van der Waals surface area contributed by atoms with Crippen LogP contribution in [0.1, 0.15) is 58.4 Å². The van der Waals surface area contributed by atoms with Crippen molar-refractivity contribution in [3.05, 3.63) is 120 Å². The molecular formula is C43H38N4OPtS. The Bertz CT molecular complexity index is 2550. The van der Waals surface area contributed by atoms with E-state index < -0.39 is 0 Å². The van der Waals surface area contributed by atoms with Gasteiger partial charge in [0.25, 0.3) is 0 Å². The fourth-order valence-corrected chi connectivity index (χ4v) is 8.05. The zero-order chi connectivity index (χ0) is 34.1. The normalized spacial score (nSPS) is 12.2. The molecule has 5 nitrogen and oxygen atoms in total. The van der Waals surface area contributed by atoms with Gasteiger partial charge in [0.2, 0.25) is 0 Å². The number of thiophene rings is 1. The fraction of sp³-hybridized carbons (Fsp3) is 0.233. The Kier molecular flexibility index (Phi) is 8.69. The number of fused-ring (bicyclic) bond motifs is 6. The van der Waals surface area contributed by atoms with E-state index in [4.69, 9.17) is 14.8 Å². The summed E-state index contributed by atoms with van der Waals surface area (Å²) in [7, 11) is 0. The van der Waals surface area contributed by atoms with E-state index in [2.05, 4.69) is 124 Å². The van der Waals surface area contributed by atoms with Crippen molar-refractivity contribution in [2.75, 3.05) is 0 Å². The molecule has 4 heterocycles. The van der Waals surface area contributed by atoms with E-state index in [1.165, 1.54) is 21.2 Å². The van der Waals surface area contributed by atoms with E-state index in [9.17, 15) is 0 Å². The van der Waals surface area contributed by atoms with Crippen LogP contribution in [-0.4, -0.2) is 19.7 Å². The van der Waals surface area contributed by atoms with Crippen LogP contribution in [0.3, 0.4) is 0 Å². The molecule has 0 spiro atoms. The van der Waals surface area contributed by atoms with Crippen LogP contribution in [0, 0.1) is 24.5 Å². The van der Waals surface area contributed by atoms with Gasteiger partial charge in [0.05, 0.1) is 5.69 Å². The number of aromatic nitrogens is 4. The van der Waals surface area contributed by atoms with Crippen LogP contribution < -0.4 is 4.74 Å². The number of hydrogen-bond acceptors (Lipinski definition) is 5. The molecule has 0 radical (unpaired) electrons. The van der Waals surface area contributed by atoms with Crippen LogP contribution in [0.4, 0.5) is 0 Å². The average molecular weight is 854 g/mol. The second kappa shape index (κ2) is 12.7. The molecule has 0 bridgehead atoms. The third-order valence-electron chi connectivity index (χ3n) is 9.01. The van der Waals surface area contributed by atoms with Gasteiger partial charge in [-0.1, -0.05) is 83.5 Å². The van der Waals surface area contributed by atoms with E-state index in [1.54, 1.807) is 11.3 Å². The molecule has 0 aliphatic heterocycles. The summed E-state index contributed by atoms with van der Waals surface area (Å²) in [6.07, 6.45) is 2.92. The molecular weight excluding hydrogens is 816 g/mol. The summed E-state index contributed by atoms with van der Waals surface area (Å²) < 4.78 is 11.0. The second-order valence-corrected chi connectivity index (χ2v) is 16.2. The predicted molar refractivity (Wildman–Crippen MR) is 203 cm³/mol. The number of nitrogens with zero attached hydrogens (tertiary/aromatic N) is 4. The molecule has 0 atom stereocenters. The van der Waals surface area contributed by atoms with E-state index >= 15 is 0 Å².